The fourth-order valence-electron chi connectivity index (χ4n) is 2.07. The Bertz CT molecular complexity index is 594. The number of hydrogen-bond acceptors (Lipinski definition) is 3. The number of halogens is 2. The minimum atomic E-state index is 0.228. The van der Waals surface area contributed by atoms with Gasteiger partial charge in [0.2, 0.25) is 0 Å². The molecule has 0 aliphatic heterocycles. The third-order valence-electron chi connectivity index (χ3n) is 3.04. The van der Waals surface area contributed by atoms with Gasteiger partial charge < -0.3 is 15.2 Å². The lowest BCUT2D eigenvalue weighted by atomic mass is 10.1. The first kappa shape index (κ1) is 16.5. The molecule has 0 aliphatic carbocycles. The third-order valence-corrected chi connectivity index (χ3v) is 4.25. The maximum Gasteiger partial charge on any atom is 0.143 e. The second-order valence-electron chi connectivity index (χ2n) is 4.76. The summed E-state index contributed by atoms with van der Waals surface area (Å²) in [4.78, 5) is 0. The van der Waals surface area contributed by atoms with Crippen LogP contribution in [-0.2, 0) is 24.4 Å². The molecule has 0 atom stereocenters. The molecule has 2 N–H and O–H groups in total. The Kier molecular flexibility index (Phi) is 6.23. The molecule has 0 radical (unpaired) electrons. The molecule has 0 saturated heterocycles. The molecule has 21 heavy (non-hydrogen) atoms. The van der Waals surface area contributed by atoms with Gasteiger partial charge in [0, 0.05) is 20.2 Å². The second-order valence-corrected chi connectivity index (χ2v) is 6.47. The van der Waals surface area contributed by atoms with E-state index in [1.807, 2.05) is 18.2 Å². The first-order chi connectivity index (χ1) is 10.1. The largest absolute Gasteiger partial charge is 0.506 e. The van der Waals surface area contributed by atoms with Crippen LogP contribution in [0.15, 0.2) is 45.3 Å². The van der Waals surface area contributed by atoms with Crippen molar-refractivity contribution < 1.29 is 9.84 Å². The summed E-state index contributed by atoms with van der Waals surface area (Å²) in [5.41, 5.74) is 3.49. The zero-order chi connectivity index (χ0) is 15.2. The van der Waals surface area contributed by atoms with Crippen LogP contribution in [0.1, 0.15) is 16.7 Å². The topological polar surface area (TPSA) is 41.5 Å². The number of hydrogen-bond donors (Lipinski definition) is 2. The van der Waals surface area contributed by atoms with E-state index in [0.29, 0.717) is 15.6 Å². The summed E-state index contributed by atoms with van der Waals surface area (Å²) >= 11 is 6.68. The van der Waals surface area contributed by atoms with E-state index in [1.165, 1.54) is 11.1 Å². The van der Waals surface area contributed by atoms with Gasteiger partial charge in [-0.25, -0.2) is 0 Å². The second kappa shape index (κ2) is 7.94. The molecule has 2 aromatic rings. The summed E-state index contributed by atoms with van der Waals surface area (Å²) in [7, 11) is 1.70. The Hall–Kier alpha value is -0.880. The van der Waals surface area contributed by atoms with Crippen molar-refractivity contribution in [2.75, 3.05) is 7.11 Å². The molecule has 0 saturated carbocycles. The standard InChI is InChI=1S/C16H17Br2NO2/c1-21-10-12-4-2-3-11(5-12)8-19-9-13-6-14(17)16(20)15(18)7-13/h2-7,19-20H,8-10H2,1H3. The number of aromatic hydroxyl groups is 1. The number of phenolic OH excluding ortho intramolecular Hbond substituents is 1. The van der Waals surface area contributed by atoms with Crippen molar-refractivity contribution in [2.45, 2.75) is 19.7 Å². The predicted molar refractivity (Wildman–Crippen MR) is 91.2 cm³/mol. The maximum atomic E-state index is 9.69. The third kappa shape index (κ3) is 4.81. The van der Waals surface area contributed by atoms with Crippen molar-refractivity contribution in [2.24, 2.45) is 0 Å². The minimum Gasteiger partial charge on any atom is -0.506 e. The highest BCUT2D eigenvalue weighted by Crippen LogP contribution is 2.33. The molecular formula is C16H17Br2NO2. The zero-order valence-corrected chi connectivity index (χ0v) is 14.9. The van der Waals surface area contributed by atoms with E-state index in [0.717, 1.165) is 18.7 Å². The summed E-state index contributed by atoms with van der Waals surface area (Å²) in [5, 5.41) is 13.1. The molecule has 0 aromatic heterocycles. The highest BCUT2D eigenvalue weighted by Gasteiger charge is 2.05. The molecule has 5 heteroatoms. The lowest BCUT2D eigenvalue weighted by molar-refractivity contribution is 0.185. The van der Waals surface area contributed by atoms with Crippen LogP contribution in [-0.4, -0.2) is 12.2 Å². The lowest BCUT2D eigenvalue weighted by Crippen LogP contribution is -2.12. The van der Waals surface area contributed by atoms with E-state index in [4.69, 9.17) is 4.74 Å². The number of benzene rings is 2. The summed E-state index contributed by atoms with van der Waals surface area (Å²) in [6.07, 6.45) is 0. The highest BCUT2D eigenvalue weighted by molar-refractivity contribution is 9.11. The van der Waals surface area contributed by atoms with E-state index in [-0.39, 0.29) is 5.75 Å². The van der Waals surface area contributed by atoms with Gasteiger partial charge >= 0.3 is 0 Å². The van der Waals surface area contributed by atoms with Gasteiger partial charge in [-0.1, -0.05) is 24.3 Å². The van der Waals surface area contributed by atoms with Crippen LogP contribution in [0, 0.1) is 0 Å². The van der Waals surface area contributed by atoms with Crippen molar-refractivity contribution in [3.8, 4) is 5.75 Å². The van der Waals surface area contributed by atoms with Gasteiger partial charge in [-0.05, 0) is 60.7 Å². The van der Waals surface area contributed by atoms with Gasteiger partial charge in [0.1, 0.15) is 5.75 Å². The number of rotatable bonds is 6. The molecule has 112 valence electrons. The van der Waals surface area contributed by atoms with Crippen molar-refractivity contribution in [1.82, 2.24) is 5.32 Å². The average molecular weight is 415 g/mol. The summed E-state index contributed by atoms with van der Waals surface area (Å²) in [6, 6.07) is 12.1. The van der Waals surface area contributed by atoms with Crippen molar-refractivity contribution in [3.05, 3.63) is 62.0 Å². The van der Waals surface area contributed by atoms with Crippen LogP contribution in [0.4, 0.5) is 0 Å². The van der Waals surface area contributed by atoms with Gasteiger partial charge in [-0.15, -0.1) is 0 Å². The van der Waals surface area contributed by atoms with E-state index in [1.54, 1.807) is 7.11 Å². The molecule has 0 aliphatic rings. The molecule has 2 aromatic carbocycles. The minimum absolute atomic E-state index is 0.228. The van der Waals surface area contributed by atoms with Crippen LogP contribution in [0.5, 0.6) is 5.75 Å². The number of phenols is 1. The smallest absolute Gasteiger partial charge is 0.143 e. The molecule has 2 rings (SSSR count). The van der Waals surface area contributed by atoms with Crippen LogP contribution in [0.2, 0.25) is 0 Å². The Balaban J connectivity index is 1.94. The number of ether oxygens (including phenoxy) is 1. The monoisotopic (exact) mass is 413 g/mol. The molecule has 0 heterocycles. The van der Waals surface area contributed by atoms with Crippen LogP contribution in [0.3, 0.4) is 0 Å². The molecule has 0 fully saturated rings. The van der Waals surface area contributed by atoms with Gasteiger partial charge in [-0.3, -0.25) is 0 Å². The van der Waals surface area contributed by atoms with E-state index in [2.05, 4.69) is 55.4 Å². The van der Waals surface area contributed by atoms with Crippen LogP contribution in [0.25, 0.3) is 0 Å². The Morgan fingerprint density at radius 1 is 1.00 bits per heavy atom. The van der Waals surface area contributed by atoms with E-state index >= 15 is 0 Å². The Morgan fingerprint density at radius 2 is 1.62 bits per heavy atom. The summed E-state index contributed by atoms with van der Waals surface area (Å²) in [5.74, 6) is 0.228. The fraction of sp³-hybridized carbons (Fsp3) is 0.250. The highest BCUT2D eigenvalue weighted by atomic mass is 79.9. The van der Waals surface area contributed by atoms with Gasteiger partial charge in [0.25, 0.3) is 0 Å². The molecule has 3 nitrogen and oxygen atoms in total. The van der Waals surface area contributed by atoms with Crippen molar-refractivity contribution in [3.63, 3.8) is 0 Å². The number of nitrogens with one attached hydrogen (secondary N) is 1. The van der Waals surface area contributed by atoms with E-state index in [9.17, 15) is 5.11 Å². The SMILES string of the molecule is COCc1cccc(CNCc2cc(Br)c(O)c(Br)c2)c1. The molecule has 0 unspecified atom stereocenters. The average Bonchev–Trinajstić information content (AvgIpc) is 2.45. The lowest BCUT2D eigenvalue weighted by Gasteiger charge is -2.09. The predicted octanol–water partition coefficient (Wildman–Crippen LogP) is 4.35. The van der Waals surface area contributed by atoms with Gasteiger partial charge in [0.05, 0.1) is 15.6 Å². The Labute approximate surface area is 141 Å². The molecule has 0 amide bonds. The van der Waals surface area contributed by atoms with Crippen molar-refractivity contribution in [1.29, 1.82) is 0 Å². The quantitative estimate of drug-likeness (QED) is 0.738. The molecule has 0 spiro atoms. The summed E-state index contributed by atoms with van der Waals surface area (Å²) < 4.78 is 6.52. The zero-order valence-electron chi connectivity index (χ0n) is 11.7. The Morgan fingerprint density at radius 3 is 2.29 bits per heavy atom. The number of methoxy groups -OCH3 is 1. The van der Waals surface area contributed by atoms with Gasteiger partial charge in [-0.2, -0.15) is 0 Å². The van der Waals surface area contributed by atoms with Crippen LogP contribution >= 0.6 is 31.9 Å². The molecular weight excluding hydrogens is 398 g/mol. The van der Waals surface area contributed by atoms with Crippen molar-refractivity contribution >= 4 is 31.9 Å². The maximum absolute atomic E-state index is 9.69. The van der Waals surface area contributed by atoms with E-state index < -0.39 is 0 Å². The first-order valence-electron chi connectivity index (χ1n) is 6.54. The molecule has 0 bridgehead atoms. The van der Waals surface area contributed by atoms with Crippen LogP contribution < -0.4 is 5.32 Å². The first-order valence-corrected chi connectivity index (χ1v) is 8.13. The summed E-state index contributed by atoms with van der Waals surface area (Å²) in [6.45, 7) is 2.14. The van der Waals surface area contributed by atoms with Gasteiger partial charge in [0.15, 0.2) is 0 Å². The normalized spacial score (nSPS) is 10.8. The fourth-order valence-corrected chi connectivity index (χ4v) is 3.35.